The van der Waals surface area contributed by atoms with E-state index in [1.807, 2.05) is 6.92 Å². The highest BCUT2D eigenvalue weighted by atomic mass is 19.4. The van der Waals surface area contributed by atoms with Crippen molar-refractivity contribution < 1.29 is 13.2 Å². The molecule has 0 radical (unpaired) electrons. The molecule has 0 amide bonds. The Kier molecular flexibility index (Phi) is 7.23. The second-order valence-corrected chi connectivity index (χ2v) is 5.79. The topological polar surface area (TPSA) is 12.0 Å². The summed E-state index contributed by atoms with van der Waals surface area (Å²) in [6, 6.07) is 5.92. The lowest BCUT2D eigenvalue weighted by Gasteiger charge is -2.22. The molecule has 0 heterocycles. The monoisotopic (exact) mass is 301 g/mol. The average Bonchev–Trinajstić information content (AvgIpc) is 2.38. The second kappa shape index (κ2) is 8.42. The third kappa shape index (κ3) is 6.51. The molecule has 0 bridgehead atoms. The van der Waals surface area contributed by atoms with Crippen LogP contribution in [0.4, 0.5) is 13.2 Å². The van der Waals surface area contributed by atoms with E-state index in [2.05, 4.69) is 19.2 Å². The van der Waals surface area contributed by atoms with E-state index in [4.69, 9.17) is 0 Å². The Labute approximate surface area is 125 Å². The van der Waals surface area contributed by atoms with Crippen molar-refractivity contribution >= 4 is 0 Å². The molecule has 120 valence electrons. The summed E-state index contributed by atoms with van der Waals surface area (Å²) in [5.41, 5.74) is 0.191. The van der Waals surface area contributed by atoms with Crippen molar-refractivity contribution in [3.05, 3.63) is 35.4 Å². The number of alkyl halides is 3. The predicted octanol–water partition coefficient (Wildman–Crippen LogP) is 5.05. The van der Waals surface area contributed by atoms with Gasteiger partial charge in [-0.15, -0.1) is 0 Å². The standard InChI is InChI=1S/C17H26F3N/c1-4-7-13(3)10-16(21-5-2)12-14-8-6-9-15(11-14)17(18,19)20/h6,8-9,11,13,16,21H,4-5,7,10,12H2,1-3H3. The number of nitrogens with one attached hydrogen (secondary N) is 1. The number of hydrogen-bond donors (Lipinski definition) is 1. The van der Waals surface area contributed by atoms with Crippen LogP contribution in [0, 0.1) is 5.92 Å². The molecular formula is C17H26F3N. The number of hydrogen-bond acceptors (Lipinski definition) is 1. The van der Waals surface area contributed by atoms with Gasteiger partial charge in [-0.1, -0.05) is 51.8 Å². The van der Waals surface area contributed by atoms with Crippen LogP contribution in [0.15, 0.2) is 24.3 Å². The van der Waals surface area contributed by atoms with Crippen molar-refractivity contribution in [2.45, 2.75) is 58.7 Å². The molecule has 0 aliphatic rings. The Balaban J connectivity index is 2.74. The van der Waals surface area contributed by atoms with Gasteiger partial charge in [0.1, 0.15) is 0 Å². The van der Waals surface area contributed by atoms with Gasteiger partial charge in [0, 0.05) is 6.04 Å². The first-order valence-electron chi connectivity index (χ1n) is 7.76. The lowest BCUT2D eigenvalue weighted by molar-refractivity contribution is -0.137. The van der Waals surface area contributed by atoms with Crippen LogP contribution in [-0.4, -0.2) is 12.6 Å². The van der Waals surface area contributed by atoms with Gasteiger partial charge in [-0.25, -0.2) is 0 Å². The van der Waals surface area contributed by atoms with Crippen LogP contribution in [-0.2, 0) is 12.6 Å². The molecule has 1 rings (SSSR count). The third-order valence-corrected chi connectivity index (χ3v) is 3.70. The number of rotatable bonds is 8. The summed E-state index contributed by atoms with van der Waals surface area (Å²) >= 11 is 0. The zero-order chi connectivity index (χ0) is 15.9. The minimum atomic E-state index is -4.26. The quantitative estimate of drug-likeness (QED) is 0.708. The molecule has 0 saturated carbocycles. The Morgan fingerprint density at radius 3 is 2.48 bits per heavy atom. The van der Waals surface area contributed by atoms with Crippen molar-refractivity contribution in [1.29, 1.82) is 0 Å². The molecule has 21 heavy (non-hydrogen) atoms. The second-order valence-electron chi connectivity index (χ2n) is 5.79. The van der Waals surface area contributed by atoms with Gasteiger partial charge in [0.05, 0.1) is 5.56 Å². The summed E-state index contributed by atoms with van der Waals surface area (Å²) in [6.45, 7) is 7.23. The molecule has 1 N–H and O–H groups in total. The van der Waals surface area contributed by atoms with E-state index in [0.717, 1.165) is 37.4 Å². The first kappa shape index (κ1) is 18.0. The Hall–Kier alpha value is -1.03. The van der Waals surface area contributed by atoms with Crippen LogP contribution in [0.2, 0.25) is 0 Å². The number of benzene rings is 1. The maximum absolute atomic E-state index is 12.7. The highest BCUT2D eigenvalue weighted by Crippen LogP contribution is 2.30. The van der Waals surface area contributed by atoms with Crippen molar-refractivity contribution in [2.24, 2.45) is 5.92 Å². The summed E-state index contributed by atoms with van der Waals surface area (Å²) < 4.78 is 38.2. The fourth-order valence-corrected chi connectivity index (χ4v) is 2.78. The van der Waals surface area contributed by atoms with Crippen LogP contribution in [0.5, 0.6) is 0 Å². The minimum Gasteiger partial charge on any atom is -0.314 e. The van der Waals surface area contributed by atoms with Crippen LogP contribution in [0.25, 0.3) is 0 Å². The van der Waals surface area contributed by atoms with Crippen molar-refractivity contribution in [3.63, 3.8) is 0 Å². The van der Waals surface area contributed by atoms with E-state index < -0.39 is 11.7 Å². The van der Waals surface area contributed by atoms with E-state index >= 15 is 0 Å². The zero-order valence-corrected chi connectivity index (χ0v) is 13.1. The van der Waals surface area contributed by atoms with Gasteiger partial charge in [-0.2, -0.15) is 13.2 Å². The van der Waals surface area contributed by atoms with E-state index in [9.17, 15) is 13.2 Å². The van der Waals surface area contributed by atoms with E-state index in [-0.39, 0.29) is 6.04 Å². The highest BCUT2D eigenvalue weighted by molar-refractivity contribution is 5.26. The van der Waals surface area contributed by atoms with Crippen LogP contribution in [0.1, 0.15) is 51.2 Å². The molecule has 0 aliphatic heterocycles. The Bertz CT molecular complexity index is 415. The average molecular weight is 301 g/mol. The van der Waals surface area contributed by atoms with Gasteiger partial charge >= 0.3 is 6.18 Å². The molecule has 0 spiro atoms. The molecule has 1 aromatic carbocycles. The zero-order valence-electron chi connectivity index (χ0n) is 13.1. The Morgan fingerprint density at radius 1 is 1.19 bits per heavy atom. The number of halogens is 3. The van der Waals surface area contributed by atoms with Gasteiger partial charge in [0.15, 0.2) is 0 Å². The Morgan fingerprint density at radius 2 is 1.90 bits per heavy atom. The van der Waals surface area contributed by atoms with Gasteiger partial charge in [-0.05, 0) is 36.9 Å². The molecule has 1 nitrogen and oxygen atoms in total. The van der Waals surface area contributed by atoms with Crippen molar-refractivity contribution in [3.8, 4) is 0 Å². The van der Waals surface area contributed by atoms with Crippen LogP contribution < -0.4 is 5.32 Å². The minimum absolute atomic E-state index is 0.236. The molecule has 0 fully saturated rings. The summed E-state index contributed by atoms with van der Waals surface area (Å²) in [7, 11) is 0. The fraction of sp³-hybridized carbons (Fsp3) is 0.647. The molecule has 2 atom stereocenters. The van der Waals surface area contributed by atoms with Gasteiger partial charge in [0.25, 0.3) is 0 Å². The van der Waals surface area contributed by atoms with Gasteiger partial charge in [0.2, 0.25) is 0 Å². The normalized spacial score (nSPS) is 15.0. The third-order valence-electron chi connectivity index (χ3n) is 3.70. The lowest BCUT2D eigenvalue weighted by atomic mass is 9.93. The van der Waals surface area contributed by atoms with Crippen LogP contribution in [0.3, 0.4) is 0 Å². The van der Waals surface area contributed by atoms with E-state index in [1.54, 1.807) is 6.07 Å². The number of likely N-dealkylation sites (N-methyl/N-ethyl adjacent to an activating group) is 1. The maximum atomic E-state index is 12.7. The molecule has 4 heteroatoms. The van der Waals surface area contributed by atoms with Crippen molar-refractivity contribution in [2.75, 3.05) is 6.54 Å². The molecule has 1 aromatic rings. The smallest absolute Gasteiger partial charge is 0.314 e. The highest BCUT2D eigenvalue weighted by Gasteiger charge is 2.30. The largest absolute Gasteiger partial charge is 0.416 e. The van der Waals surface area contributed by atoms with Gasteiger partial charge < -0.3 is 5.32 Å². The first-order valence-corrected chi connectivity index (χ1v) is 7.76. The maximum Gasteiger partial charge on any atom is 0.416 e. The SMILES string of the molecule is CCCC(C)CC(Cc1cccc(C(F)(F)F)c1)NCC. The molecule has 2 unspecified atom stereocenters. The molecule has 0 saturated heterocycles. The van der Waals surface area contributed by atoms with E-state index in [0.29, 0.717) is 12.3 Å². The molecule has 0 aliphatic carbocycles. The summed E-state index contributed by atoms with van der Waals surface area (Å²) in [4.78, 5) is 0. The summed E-state index contributed by atoms with van der Waals surface area (Å²) in [5.74, 6) is 0.588. The molecular weight excluding hydrogens is 275 g/mol. The van der Waals surface area contributed by atoms with E-state index in [1.165, 1.54) is 12.1 Å². The summed E-state index contributed by atoms with van der Waals surface area (Å²) in [5, 5.41) is 3.40. The lowest BCUT2D eigenvalue weighted by Crippen LogP contribution is -2.32. The van der Waals surface area contributed by atoms with Crippen LogP contribution >= 0.6 is 0 Å². The first-order chi connectivity index (χ1) is 9.86. The molecule has 0 aromatic heterocycles. The van der Waals surface area contributed by atoms with Crippen molar-refractivity contribution in [1.82, 2.24) is 5.32 Å². The fourth-order valence-electron chi connectivity index (χ4n) is 2.78. The van der Waals surface area contributed by atoms with Gasteiger partial charge in [-0.3, -0.25) is 0 Å². The predicted molar refractivity (Wildman–Crippen MR) is 81.3 cm³/mol. The summed E-state index contributed by atoms with van der Waals surface area (Å²) in [6.07, 6.45) is -0.322.